The van der Waals surface area contributed by atoms with E-state index in [0.717, 1.165) is 22.4 Å². The van der Waals surface area contributed by atoms with Crippen LogP contribution in [-0.2, 0) is 11.3 Å². The Morgan fingerprint density at radius 2 is 1.60 bits per heavy atom. The first-order valence-corrected chi connectivity index (χ1v) is 8.24. The van der Waals surface area contributed by atoms with Crippen LogP contribution >= 0.6 is 0 Å². The van der Waals surface area contributed by atoms with Gasteiger partial charge in [0.25, 0.3) is 0 Å². The Hall–Kier alpha value is -2.86. The zero-order valence-corrected chi connectivity index (χ0v) is 14.6. The van der Waals surface area contributed by atoms with Gasteiger partial charge in [-0.25, -0.2) is 0 Å². The molecule has 6 nitrogen and oxygen atoms in total. The van der Waals surface area contributed by atoms with E-state index in [2.05, 4.69) is 16.0 Å². The molecule has 2 aromatic carbocycles. The Balaban J connectivity index is 1.91. The highest BCUT2D eigenvalue weighted by Crippen LogP contribution is 2.21. The van der Waals surface area contributed by atoms with E-state index in [9.17, 15) is 4.79 Å². The average molecular weight is 339 g/mol. The van der Waals surface area contributed by atoms with Crippen molar-refractivity contribution in [2.24, 2.45) is 5.73 Å². The third-order valence-corrected chi connectivity index (χ3v) is 3.61. The van der Waals surface area contributed by atoms with Gasteiger partial charge in [-0.15, -0.1) is 0 Å². The summed E-state index contributed by atoms with van der Waals surface area (Å²) in [6.07, 6.45) is 0. The van der Waals surface area contributed by atoms with Crippen molar-refractivity contribution in [1.29, 1.82) is 5.41 Å². The molecule has 25 heavy (non-hydrogen) atoms. The molecule has 0 aliphatic heterocycles. The van der Waals surface area contributed by atoms with Crippen LogP contribution in [0.1, 0.15) is 19.4 Å². The first kappa shape index (κ1) is 18.5. The first-order valence-electron chi connectivity index (χ1n) is 8.24. The fourth-order valence-corrected chi connectivity index (χ4v) is 2.28. The lowest BCUT2D eigenvalue weighted by molar-refractivity contribution is -0.120. The molecule has 0 unspecified atom stereocenters. The molecule has 0 saturated carbocycles. The summed E-state index contributed by atoms with van der Waals surface area (Å²) in [4.78, 5) is 11.7. The van der Waals surface area contributed by atoms with Gasteiger partial charge in [0.1, 0.15) is 0 Å². The number of nitrogens with one attached hydrogen (secondary N) is 4. The standard InChI is InChI=1S/C19H25N5O/c1-13(2)22-12-18(25)23-11-14-3-5-15(6-4-14)16-7-9-17(10-8-16)24-19(20)21/h3-10,13,22H,11-12H2,1-2H3,(H,23,25)(H4,20,21,24). The first-order chi connectivity index (χ1) is 11.9. The van der Waals surface area contributed by atoms with Crippen LogP contribution in [0, 0.1) is 5.41 Å². The molecule has 1 amide bonds. The summed E-state index contributed by atoms with van der Waals surface area (Å²) >= 11 is 0. The van der Waals surface area contributed by atoms with Gasteiger partial charge in [0.15, 0.2) is 5.96 Å². The van der Waals surface area contributed by atoms with Crippen molar-refractivity contribution in [1.82, 2.24) is 10.6 Å². The van der Waals surface area contributed by atoms with Gasteiger partial charge in [0.2, 0.25) is 5.91 Å². The molecule has 132 valence electrons. The van der Waals surface area contributed by atoms with Gasteiger partial charge >= 0.3 is 0 Å². The Kier molecular flexibility index (Phi) is 6.54. The number of hydrogen-bond donors (Lipinski definition) is 5. The van der Waals surface area contributed by atoms with Crippen molar-refractivity contribution in [2.75, 3.05) is 11.9 Å². The number of carbonyl (C=O) groups is 1. The lowest BCUT2D eigenvalue weighted by atomic mass is 10.0. The largest absolute Gasteiger partial charge is 0.370 e. The second kappa shape index (κ2) is 8.84. The molecule has 2 aromatic rings. The van der Waals surface area contributed by atoms with E-state index in [1.807, 2.05) is 62.4 Å². The van der Waals surface area contributed by atoms with Crippen molar-refractivity contribution in [3.63, 3.8) is 0 Å². The van der Waals surface area contributed by atoms with Gasteiger partial charge < -0.3 is 21.7 Å². The van der Waals surface area contributed by atoms with Crippen LogP contribution in [0.2, 0.25) is 0 Å². The molecule has 2 rings (SSSR count). The molecule has 0 spiro atoms. The van der Waals surface area contributed by atoms with Crippen LogP contribution < -0.4 is 21.7 Å². The SMILES string of the molecule is CC(C)NCC(=O)NCc1ccc(-c2ccc(NC(=N)N)cc2)cc1. The molecule has 6 N–H and O–H groups in total. The summed E-state index contributed by atoms with van der Waals surface area (Å²) in [6, 6.07) is 16.1. The minimum atomic E-state index is -0.0808. The van der Waals surface area contributed by atoms with Crippen molar-refractivity contribution in [2.45, 2.75) is 26.4 Å². The number of anilines is 1. The molecule has 0 heterocycles. The van der Waals surface area contributed by atoms with Crippen LogP contribution in [0.3, 0.4) is 0 Å². The molecular weight excluding hydrogens is 314 g/mol. The van der Waals surface area contributed by atoms with E-state index in [0.29, 0.717) is 19.1 Å². The fourth-order valence-electron chi connectivity index (χ4n) is 2.28. The Bertz CT molecular complexity index is 708. The highest BCUT2D eigenvalue weighted by Gasteiger charge is 2.03. The van der Waals surface area contributed by atoms with E-state index >= 15 is 0 Å². The fraction of sp³-hybridized carbons (Fsp3) is 0.263. The predicted octanol–water partition coefficient (Wildman–Crippen LogP) is 2.27. The van der Waals surface area contributed by atoms with Crippen LogP contribution in [-0.4, -0.2) is 24.5 Å². The molecule has 0 atom stereocenters. The zero-order valence-electron chi connectivity index (χ0n) is 14.6. The number of guanidine groups is 1. The summed E-state index contributed by atoms with van der Waals surface area (Å²) in [6.45, 7) is 4.86. The van der Waals surface area contributed by atoms with Crippen molar-refractivity contribution in [3.8, 4) is 11.1 Å². The maximum absolute atomic E-state index is 11.7. The summed E-state index contributed by atoms with van der Waals surface area (Å²) < 4.78 is 0. The Morgan fingerprint density at radius 3 is 2.12 bits per heavy atom. The predicted molar refractivity (Wildman–Crippen MR) is 102 cm³/mol. The van der Waals surface area contributed by atoms with Crippen LogP contribution in [0.4, 0.5) is 5.69 Å². The second-order valence-corrected chi connectivity index (χ2v) is 6.13. The van der Waals surface area contributed by atoms with Crippen molar-refractivity contribution < 1.29 is 4.79 Å². The minimum absolute atomic E-state index is 0.00802. The molecule has 0 radical (unpaired) electrons. The highest BCUT2D eigenvalue weighted by molar-refractivity contribution is 5.90. The molecule has 6 heteroatoms. The highest BCUT2D eigenvalue weighted by atomic mass is 16.1. The van der Waals surface area contributed by atoms with Crippen LogP contribution in [0.15, 0.2) is 48.5 Å². The Labute approximate surface area is 148 Å². The average Bonchev–Trinajstić information content (AvgIpc) is 2.59. The lowest BCUT2D eigenvalue weighted by Crippen LogP contribution is -2.36. The molecule has 0 saturated heterocycles. The monoisotopic (exact) mass is 339 g/mol. The van der Waals surface area contributed by atoms with Crippen LogP contribution in [0.5, 0.6) is 0 Å². The third-order valence-electron chi connectivity index (χ3n) is 3.61. The van der Waals surface area contributed by atoms with Gasteiger partial charge in [-0.1, -0.05) is 50.2 Å². The van der Waals surface area contributed by atoms with E-state index in [1.165, 1.54) is 0 Å². The summed E-state index contributed by atoms with van der Waals surface area (Å²) in [5, 5.41) is 16.0. The third kappa shape index (κ3) is 6.27. The van der Waals surface area contributed by atoms with Gasteiger partial charge in [-0.05, 0) is 28.8 Å². The molecule has 0 aliphatic rings. The number of nitrogens with two attached hydrogens (primary N) is 1. The molecule has 0 aromatic heterocycles. The van der Waals surface area contributed by atoms with Crippen molar-refractivity contribution >= 4 is 17.6 Å². The smallest absolute Gasteiger partial charge is 0.234 e. The quantitative estimate of drug-likeness (QED) is 0.394. The van der Waals surface area contributed by atoms with Crippen LogP contribution in [0.25, 0.3) is 11.1 Å². The maximum Gasteiger partial charge on any atom is 0.234 e. The number of carbonyl (C=O) groups excluding carboxylic acids is 1. The van der Waals surface area contributed by atoms with E-state index in [4.69, 9.17) is 11.1 Å². The molecule has 0 bridgehead atoms. The van der Waals surface area contributed by atoms with Gasteiger partial charge in [-0.3, -0.25) is 10.2 Å². The number of rotatable bonds is 7. The number of benzene rings is 2. The topological polar surface area (TPSA) is 103 Å². The summed E-state index contributed by atoms with van der Waals surface area (Å²) in [5.74, 6) is -0.0888. The van der Waals surface area contributed by atoms with Gasteiger partial charge in [-0.2, -0.15) is 0 Å². The summed E-state index contributed by atoms with van der Waals surface area (Å²) in [5.41, 5.74) is 9.31. The maximum atomic E-state index is 11.7. The minimum Gasteiger partial charge on any atom is -0.370 e. The molecule has 0 aliphatic carbocycles. The lowest BCUT2D eigenvalue weighted by Gasteiger charge is -2.10. The Morgan fingerprint density at radius 1 is 1.04 bits per heavy atom. The zero-order chi connectivity index (χ0) is 18.2. The molecule has 0 fully saturated rings. The van der Waals surface area contributed by atoms with E-state index in [1.54, 1.807) is 0 Å². The normalized spacial score (nSPS) is 10.5. The number of hydrogen-bond acceptors (Lipinski definition) is 3. The number of amides is 1. The van der Waals surface area contributed by atoms with Crippen molar-refractivity contribution in [3.05, 3.63) is 54.1 Å². The molecular formula is C19H25N5O. The second-order valence-electron chi connectivity index (χ2n) is 6.13. The van der Waals surface area contributed by atoms with Gasteiger partial charge in [0, 0.05) is 18.3 Å². The van der Waals surface area contributed by atoms with E-state index < -0.39 is 0 Å². The summed E-state index contributed by atoms with van der Waals surface area (Å²) in [7, 11) is 0. The van der Waals surface area contributed by atoms with Gasteiger partial charge in [0.05, 0.1) is 6.54 Å². The van der Waals surface area contributed by atoms with E-state index in [-0.39, 0.29) is 11.9 Å².